The molecule has 2 aliphatic rings. The highest BCUT2D eigenvalue weighted by Crippen LogP contribution is 2.24. The van der Waals surface area contributed by atoms with Crippen LogP contribution in [0.15, 0.2) is 0 Å². The molecule has 2 fully saturated rings. The molecule has 0 aromatic heterocycles. The van der Waals surface area contributed by atoms with Gasteiger partial charge in [-0.05, 0) is 12.8 Å². The molecule has 1 saturated heterocycles. The number of nitrogens with two attached hydrogens (primary N) is 1. The predicted molar refractivity (Wildman–Crippen MR) is 70.8 cm³/mol. The highest BCUT2D eigenvalue weighted by atomic mass is 19.4. The molecular formula is C12H18F6N2O5. The molecule has 0 amide bonds. The summed E-state index contributed by atoms with van der Waals surface area (Å²) in [4.78, 5) is 20.3. The smallest absolute Gasteiger partial charge is 0.475 e. The van der Waals surface area contributed by atoms with Gasteiger partial charge in [0, 0.05) is 25.2 Å². The maximum Gasteiger partial charge on any atom is 0.490 e. The van der Waals surface area contributed by atoms with Crippen LogP contribution in [0.3, 0.4) is 0 Å². The van der Waals surface area contributed by atoms with E-state index < -0.39 is 24.3 Å². The molecule has 0 radical (unpaired) electrons. The van der Waals surface area contributed by atoms with E-state index in [0.717, 1.165) is 32.3 Å². The van der Waals surface area contributed by atoms with Crippen LogP contribution in [0.5, 0.6) is 0 Å². The Bertz CT molecular complexity index is 407. The van der Waals surface area contributed by atoms with Crippen molar-refractivity contribution in [3.8, 4) is 0 Å². The van der Waals surface area contributed by atoms with Crippen LogP contribution < -0.4 is 5.73 Å². The highest BCUT2D eigenvalue weighted by molar-refractivity contribution is 5.73. The molecule has 0 unspecified atom stereocenters. The fourth-order valence-corrected chi connectivity index (χ4v) is 1.87. The van der Waals surface area contributed by atoms with Crippen LogP contribution in [-0.2, 0) is 14.3 Å². The van der Waals surface area contributed by atoms with E-state index in [2.05, 4.69) is 4.90 Å². The van der Waals surface area contributed by atoms with Crippen LogP contribution in [0.4, 0.5) is 26.3 Å². The summed E-state index contributed by atoms with van der Waals surface area (Å²) < 4.78 is 68.7. The third kappa shape index (κ3) is 10.1. The highest BCUT2D eigenvalue weighted by Gasteiger charge is 2.38. The zero-order chi connectivity index (χ0) is 19.8. The van der Waals surface area contributed by atoms with Gasteiger partial charge >= 0.3 is 24.3 Å². The standard InChI is InChI=1S/C8H16N2O.2C2HF3O2/c9-7-5-8(6-7)10-1-3-11-4-2-10;2*3-2(4,5)1(6)7/h7-8H,1-6,9H2;2*(H,6,7). The van der Waals surface area contributed by atoms with Gasteiger partial charge in [0.2, 0.25) is 0 Å². The average Bonchev–Trinajstić information content (AvgIpc) is 2.44. The lowest BCUT2D eigenvalue weighted by atomic mass is 9.86. The summed E-state index contributed by atoms with van der Waals surface area (Å²) in [6.07, 6.45) is -7.78. The second-order valence-corrected chi connectivity index (χ2v) is 5.14. The normalized spacial score (nSPS) is 24.0. The minimum Gasteiger partial charge on any atom is -0.475 e. The first-order valence-electron chi connectivity index (χ1n) is 6.92. The summed E-state index contributed by atoms with van der Waals surface area (Å²) in [5.41, 5.74) is 5.72. The van der Waals surface area contributed by atoms with Crippen molar-refractivity contribution >= 4 is 11.9 Å². The molecule has 0 aromatic carbocycles. The number of morpholine rings is 1. The van der Waals surface area contributed by atoms with Gasteiger partial charge in [0.05, 0.1) is 13.2 Å². The molecule has 1 saturated carbocycles. The van der Waals surface area contributed by atoms with Crippen LogP contribution in [0.1, 0.15) is 12.8 Å². The van der Waals surface area contributed by atoms with Crippen molar-refractivity contribution in [3.05, 3.63) is 0 Å². The molecule has 2 rings (SSSR count). The Labute approximate surface area is 138 Å². The van der Waals surface area contributed by atoms with E-state index >= 15 is 0 Å². The zero-order valence-electron chi connectivity index (χ0n) is 12.8. The molecule has 1 heterocycles. The van der Waals surface area contributed by atoms with E-state index in [-0.39, 0.29) is 0 Å². The molecule has 0 aromatic rings. The second-order valence-electron chi connectivity index (χ2n) is 5.14. The summed E-state index contributed by atoms with van der Waals surface area (Å²) in [7, 11) is 0. The van der Waals surface area contributed by atoms with Gasteiger partial charge in [-0.3, -0.25) is 4.90 Å². The first-order valence-corrected chi connectivity index (χ1v) is 6.92. The van der Waals surface area contributed by atoms with E-state index in [1.807, 2.05) is 0 Å². The third-order valence-corrected chi connectivity index (χ3v) is 3.20. The lowest BCUT2D eigenvalue weighted by Gasteiger charge is -2.42. The van der Waals surface area contributed by atoms with Crippen molar-refractivity contribution in [3.63, 3.8) is 0 Å². The van der Waals surface area contributed by atoms with Crippen LogP contribution in [0, 0.1) is 0 Å². The molecular weight excluding hydrogens is 366 g/mol. The fraction of sp³-hybridized carbons (Fsp3) is 0.833. The minimum atomic E-state index is -5.08. The lowest BCUT2D eigenvalue weighted by Crippen LogP contribution is -2.53. The Kier molecular flexibility index (Phi) is 9.15. The topological polar surface area (TPSA) is 113 Å². The number of carboxylic acids is 2. The summed E-state index contributed by atoms with van der Waals surface area (Å²) in [5, 5.41) is 14.2. The van der Waals surface area contributed by atoms with Crippen molar-refractivity contribution in [2.75, 3.05) is 26.3 Å². The molecule has 4 N–H and O–H groups in total. The molecule has 0 atom stereocenters. The van der Waals surface area contributed by atoms with Crippen LogP contribution in [0.2, 0.25) is 0 Å². The van der Waals surface area contributed by atoms with E-state index in [1.54, 1.807) is 0 Å². The number of aliphatic carboxylic acids is 2. The van der Waals surface area contributed by atoms with Crippen LogP contribution >= 0.6 is 0 Å². The van der Waals surface area contributed by atoms with Crippen molar-refractivity contribution in [1.82, 2.24) is 4.90 Å². The lowest BCUT2D eigenvalue weighted by molar-refractivity contribution is -0.193. The van der Waals surface area contributed by atoms with Gasteiger partial charge in [-0.1, -0.05) is 0 Å². The minimum absolute atomic E-state index is 0.475. The van der Waals surface area contributed by atoms with E-state index in [4.69, 9.17) is 30.3 Å². The summed E-state index contributed by atoms with van der Waals surface area (Å²) in [6.45, 7) is 4.03. The second kappa shape index (κ2) is 9.77. The molecule has 7 nitrogen and oxygen atoms in total. The predicted octanol–water partition coefficient (Wildman–Crippen LogP) is 1.07. The quantitative estimate of drug-likeness (QED) is 0.580. The van der Waals surface area contributed by atoms with Gasteiger partial charge in [-0.25, -0.2) is 9.59 Å². The van der Waals surface area contributed by atoms with Gasteiger partial charge in [0.1, 0.15) is 0 Å². The SMILES string of the molecule is NC1CC(N2CCOCC2)C1.O=C(O)C(F)(F)F.O=C(O)C(F)(F)F. The first kappa shape index (κ1) is 23.4. The number of halogens is 6. The Morgan fingerprint density at radius 2 is 1.24 bits per heavy atom. The number of ether oxygens (including phenoxy) is 1. The van der Waals surface area contributed by atoms with Crippen molar-refractivity contribution < 1.29 is 50.9 Å². The number of alkyl halides is 6. The average molecular weight is 384 g/mol. The van der Waals surface area contributed by atoms with Crippen LogP contribution in [0.25, 0.3) is 0 Å². The molecule has 1 aliphatic heterocycles. The van der Waals surface area contributed by atoms with E-state index in [1.165, 1.54) is 12.8 Å². The third-order valence-electron chi connectivity index (χ3n) is 3.20. The monoisotopic (exact) mass is 384 g/mol. The first-order chi connectivity index (χ1) is 11.2. The molecule has 25 heavy (non-hydrogen) atoms. The number of carbonyl (C=O) groups is 2. The summed E-state index contributed by atoms with van der Waals surface area (Å²) in [5.74, 6) is -5.51. The molecule has 1 aliphatic carbocycles. The Morgan fingerprint density at radius 1 is 0.920 bits per heavy atom. The maximum absolute atomic E-state index is 10.6. The van der Waals surface area contributed by atoms with Crippen molar-refractivity contribution in [2.45, 2.75) is 37.3 Å². The molecule has 0 bridgehead atoms. The zero-order valence-corrected chi connectivity index (χ0v) is 12.8. The number of rotatable bonds is 1. The van der Waals surface area contributed by atoms with E-state index in [9.17, 15) is 26.3 Å². The number of hydrogen-bond acceptors (Lipinski definition) is 5. The van der Waals surface area contributed by atoms with Gasteiger partial charge in [-0.15, -0.1) is 0 Å². The Morgan fingerprint density at radius 3 is 1.48 bits per heavy atom. The molecule has 0 spiro atoms. The summed E-state index contributed by atoms with van der Waals surface area (Å²) in [6, 6.07) is 1.25. The van der Waals surface area contributed by atoms with Gasteiger partial charge in [0.25, 0.3) is 0 Å². The number of carboxylic acid groups (broad SMARTS) is 2. The number of hydrogen-bond donors (Lipinski definition) is 3. The van der Waals surface area contributed by atoms with Gasteiger partial charge < -0.3 is 20.7 Å². The molecule has 148 valence electrons. The molecule has 13 heteroatoms. The maximum atomic E-state index is 10.6. The van der Waals surface area contributed by atoms with Crippen molar-refractivity contribution in [1.29, 1.82) is 0 Å². The fourth-order valence-electron chi connectivity index (χ4n) is 1.87. The van der Waals surface area contributed by atoms with Crippen LogP contribution in [-0.4, -0.2) is 77.8 Å². The Hall–Kier alpha value is -1.60. The van der Waals surface area contributed by atoms with Crippen molar-refractivity contribution in [2.24, 2.45) is 5.73 Å². The largest absolute Gasteiger partial charge is 0.490 e. The van der Waals surface area contributed by atoms with E-state index in [0.29, 0.717) is 6.04 Å². The van der Waals surface area contributed by atoms with Gasteiger partial charge in [-0.2, -0.15) is 26.3 Å². The number of nitrogens with zero attached hydrogens (tertiary/aromatic N) is 1. The van der Waals surface area contributed by atoms with Gasteiger partial charge in [0.15, 0.2) is 0 Å². The Balaban J connectivity index is 0.000000366. The summed E-state index contributed by atoms with van der Waals surface area (Å²) >= 11 is 0.